The first kappa shape index (κ1) is 23.2. The van der Waals surface area contributed by atoms with Crippen LogP contribution in [0.2, 0.25) is 0 Å². The molecule has 29 heavy (non-hydrogen) atoms. The topological polar surface area (TPSA) is 49.7 Å². The lowest BCUT2D eigenvalue weighted by molar-refractivity contribution is 0.0246. The van der Waals surface area contributed by atoms with Crippen molar-refractivity contribution in [2.45, 2.75) is 78.6 Å². The number of aliphatic hydroxyl groups is 2. The number of ether oxygens (including phenoxy) is 1. The van der Waals surface area contributed by atoms with Crippen LogP contribution in [0.15, 0.2) is 48.5 Å². The minimum atomic E-state index is -0.547. The summed E-state index contributed by atoms with van der Waals surface area (Å²) in [6, 6.07) is 14.3. The van der Waals surface area contributed by atoms with E-state index in [0.29, 0.717) is 6.61 Å². The summed E-state index contributed by atoms with van der Waals surface area (Å²) in [6.07, 6.45) is 6.51. The first-order valence-electron chi connectivity index (χ1n) is 10.8. The summed E-state index contributed by atoms with van der Waals surface area (Å²) < 4.78 is 5.96. The third-order valence-corrected chi connectivity index (χ3v) is 5.89. The third-order valence-electron chi connectivity index (χ3n) is 5.89. The van der Waals surface area contributed by atoms with Crippen molar-refractivity contribution in [3.8, 4) is 5.75 Å². The van der Waals surface area contributed by atoms with Crippen molar-refractivity contribution < 1.29 is 14.9 Å². The Balaban J connectivity index is 2.04. The van der Waals surface area contributed by atoms with Gasteiger partial charge in [0.15, 0.2) is 0 Å². The molecule has 0 fully saturated rings. The lowest BCUT2D eigenvalue weighted by Crippen LogP contribution is -2.25. The Bertz CT molecular complexity index is 803. The lowest BCUT2D eigenvalue weighted by atomic mass is 9.90. The molecule has 3 nitrogen and oxygen atoms in total. The number of hydrogen-bond acceptors (Lipinski definition) is 3. The average Bonchev–Trinajstić information content (AvgIpc) is 2.75. The molecule has 2 rings (SSSR count). The van der Waals surface area contributed by atoms with Crippen molar-refractivity contribution in [2.75, 3.05) is 0 Å². The molecule has 0 aliphatic carbocycles. The Hall–Kier alpha value is -2.10. The Kier molecular flexibility index (Phi) is 8.94. The quantitative estimate of drug-likeness (QED) is 0.476. The van der Waals surface area contributed by atoms with Crippen LogP contribution < -0.4 is 4.74 Å². The van der Waals surface area contributed by atoms with E-state index in [-0.39, 0.29) is 6.61 Å². The molecule has 0 aliphatic rings. The van der Waals surface area contributed by atoms with Crippen LogP contribution in [0.25, 0.3) is 5.57 Å². The van der Waals surface area contributed by atoms with E-state index in [9.17, 15) is 10.2 Å². The normalized spacial score (nSPS) is 12.3. The van der Waals surface area contributed by atoms with E-state index >= 15 is 0 Å². The maximum atomic E-state index is 10.5. The molecule has 0 aromatic heterocycles. The van der Waals surface area contributed by atoms with Gasteiger partial charge in [0.2, 0.25) is 0 Å². The molecule has 2 N–H and O–H groups in total. The number of benzene rings is 2. The van der Waals surface area contributed by atoms with Gasteiger partial charge in [-0.25, -0.2) is 0 Å². The lowest BCUT2D eigenvalue weighted by Gasteiger charge is -2.24. The summed E-state index contributed by atoms with van der Waals surface area (Å²) >= 11 is 0. The fourth-order valence-electron chi connectivity index (χ4n) is 3.55. The highest BCUT2D eigenvalue weighted by Crippen LogP contribution is 2.25. The van der Waals surface area contributed by atoms with Crippen molar-refractivity contribution in [1.82, 2.24) is 0 Å². The number of aryl methyl sites for hydroxylation is 1. The van der Waals surface area contributed by atoms with Crippen LogP contribution in [0.4, 0.5) is 0 Å². The molecule has 0 unspecified atom stereocenters. The van der Waals surface area contributed by atoms with Crippen molar-refractivity contribution in [3.63, 3.8) is 0 Å². The second kappa shape index (κ2) is 11.2. The van der Waals surface area contributed by atoms with E-state index in [2.05, 4.69) is 51.1 Å². The van der Waals surface area contributed by atoms with Gasteiger partial charge in [-0.1, -0.05) is 51.1 Å². The third kappa shape index (κ3) is 6.73. The molecule has 0 radical (unpaired) electrons. The molecule has 158 valence electrons. The number of rotatable bonds is 11. The van der Waals surface area contributed by atoms with Crippen molar-refractivity contribution >= 4 is 5.57 Å². The summed E-state index contributed by atoms with van der Waals surface area (Å²) in [6.45, 7) is 8.82. The highest BCUT2D eigenvalue weighted by Gasteiger charge is 2.20. The standard InChI is InChI=1S/C26H36O3/c1-5-22(12-9-15-26(28,6-2)7-3)23-11-8-10-21(17-23)19-29-25-14-13-24(18-27)20(4)16-25/h8,10-14,16-17,27-28H,5-7,9,15,18-19H2,1-4H3. The van der Waals surface area contributed by atoms with Crippen LogP contribution in [0, 0.1) is 6.92 Å². The zero-order chi connectivity index (χ0) is 21.3. The van der Waals surface area contributed by atoms with Gasteiger partial charge in [0.05, 0.1) is 12.2 Å². The van der Waals surface area contributed by atoms with E-state index in [1.807, 2.05) is 25.1 Å². The Morgan fingerprint density at radius 3 is 2.45 bits per heavy atom. The molecular formula is C26H36O3. The smallest absolute Gasteiger partial charge is 0.120 e. The van der Waals surface area contributed by atoms with Crippen LogP contribution in [-0.4, -0.2) is 15.8 Å². The predicted octanol–water partition coefficient (Wildman–Crippen LogP) is 6.19. The second-order valence-corrected chi connectivity index (χ2v) is 7.79. The van der Waals surface area contributed by atoms with Crippen molar-refractivity contribution in [3.05, 3.63) is 70.8 Å². The Morgan fingerprint density at radius 1 is 1.07 bits per heavy atom. The van der Waals surface area contributed by atoms with Crippen LogP contribution in [0.1, 0.15) is 75.1 Å². The first-order chi connectivity index (χ1) is 13.9. The maximum Gasteiger partial charge on any atom is 0.120 e. The van der Waals surface area contributed by atoms with E-state index < -0.39 is 5.60 Å². The maximum absolute atomic E-state index is 10.5. The van der Waals surface area contributed by atoms with Crippen molar-refractivity contribution in [2.24, 2.45) is 0 Å². The monoisotopic (exact) mass is 396 g/mol. The van der Waals surface area contributed by atoms with Crippen LogP contribution in [0.3, 0.4) is 0 Å². The molecule has 0 saturated carbocycles. The zero-order valence-electron chi connectivity index (χ0n) is 18.4. The van der Waals surface area contributed by atoms with Crippen LogP contribution >= 0.6 is 0 Å². The van der Waals surface area contributed by atoms with Gasteiger partial charge < -0.3 is 14.9 Å². The van der Waals surface area contributed by atoms with Gasteiger partial charge in [0.25, 0.3) is 0 Å². The first-order valence-corrected chi connectivity index (χ1v) is 10.8. The molecule has 0 saturated heterocycles. The second-order valence-electron chi connectivity index (χ2n) is 7.79. The molecule has 0 bridgehead atoms. The Morgan fingerprint density at radius 2 is 1.83 bits per heavy atom. The van der Waals surface area contributed by atoms with Gasteiger partial charge in [-0.15, -0.1) is 0 Å². The zero-order valence-corrected chi connectivity index (χ0v) is 18.4. The average molecular weight is 397 g/mol. The Labute approximate surface area is 176 Å². The van der Waals surface area contributed by atoms with Gasteiger partial charge in [-0.3, -0.25) is 0 Å². The molecule has 2 aromatic carbocycles. The molecule has 0 aliphatic heterocycles. The van der Waals surface area contributed by atoms with Gasteiger partial charge in [-0.2, -0.15) is 0 Å². The number of aliphatic hydroxyl groups excluding tert-OH is 1. The fourth-order valence-corrected chi connectivity index (χ4v) is 3.55. The number of hydrogen-bond donors (Lipinski definition) is 2. The van der Waals surface area contributed by atoms with Gasteiger partial charge in [0.1, 0.15) is 12.4 Å². The van der Waals surface area contributed by atoms with E-state index in [0.717, 1.165) is 54.5 Å². The molecular weight excluding hydrogens is 360 g/mol. The molecule has 0 amide bonds. The van der Waals surface area contributed by atoms with Crippen molar-refractivity contribution in [1.29, 1.82) is 0 Å². The highest BCUT2D eigenvalue weighted by molar-refractivity contribution is 5.65. The molecule has 3 heteroatoms. The van der Waals surface area contributed by atoms with Crippen LogP contribution in [0.5, 0.6) is 5.75 Å². The fraction of sp³-hybridized carbons (Fsp3) is 0.462. The summed E-state index contributed by atoms with van der Waals surface area (Å²) in [5.41, 5.74) is 5.07. The summed E-state index contributed by atoms with van der Waals surface area (Å²) in [5.74, 6) is 0.815. The summed E-state index contributed by atoms with van der Waals surface area (Å²) in [7, 11) is 0. The summed E-state index contributed by atoms with van der Waals surface area (Å²) in [5, 5.41) is 19.8. The van der Waals surface area contributed by atoms with E-state index in [1.165, 1.54) is 11.1 Å². The van der Waals surface area contributed by atoms with E-state index in [4.69, 9.17) is 4.74 Å². The summed E-state index contributed by atoms with van der Waals surface area (Å²) in [4.78, 5) is 0. The SMILES string of the molecule is CCC(=CCCC(O)(CC)CC)c1cccc(COc2ccc(CO)c(C)c2)c1. The van der Waals surface area contributed by atoms with Gasteiger partial charge in [0, 0.05) is 0 Å². The largest absolute Gasteiger partial charge is 0.489 e. The number of allylic oxidation sites excluding steroid dienone is 2. The van der Waals surface area contributed by atoms with Gasteiger partial charge in [-0.05, 0) is 85.1 Å². The minimum absolute atomic E-state index is 0.0498. The van der Waals surface area contributed by atoms with Gasteiger partial charge >= 0.3 is 0 Å². The molecule has 0 atom stereocenters. The minimum Gasteiger partial charge on any atom is -0.489 e. The highest BCUT2D eigenvalue weighted by atomic mass is 16.5. The molecule has 0 heterocycles. The predicted molar refractivity (Wildman–Crippen MR) is 121 cm³/mol. The van der Waals surface area contributed by atoms with E-state index in [1.54, 1.807) is 0 Å². The van der Waals surface area contributed by atoms with Crippen LogP contribution in [-0.2, 0) is 13.2 Å². The molecule has 0 spiro atoms. The molecule has 2 aromatic rings.